The van der Waals surface area contributed by atoms with E-state index >= 15 is 0 Å². The standard InChI is InChI=1S/C29H37N3O5/c1-5-37-24-12-9-22(19-20(24)2)27(33)25-26(21-7-10-23(11-8-21)30(3)4)32(29(35)28(25)34)14-6-13-31-15-17-36-18-16-31/h7-12,19,26,33H,5-6,13-18H2,1-4H3/b27-25+. The Morgan fingerprint density at radius 3 is 2.41 bits per heavy atom. The fraction of sp³-hybridized carbons (Fsp3) is 0.448. The largest absolute Gasteiger partial charge is 0.507 e. The van der Waals surface area contributed by atoms with Gasteiger partial charge in [0.1, 0.15) is 11.5 Å². The first-order valence-corrected chi connectivity index (χ1v) is 12.9. The van der Waals surface area contributed by atoms with E-state index in [9.17, 15) is 14.7 Å². The van der Waals surface area contributed by atoms with Crippen LogP contribution in [-0.2, 0) is 14.3 Å². The van der Waals surface area contributed by atoms with Crippen molar-refractivity contribution in [3.8, 4) is 5.75 Å². The molecule has 0 bridgehead atoms. The lowest BCUT2D eigenvalue weighted by Crippen LogP contribution is -2.38. The van der Waals surface area contributed by atoms with E-state index in [1.54, 1.807) is 23.1 Å². The van der Waals surface area contributed by atoms with Crippen LogP contribution in [0, 0.1) is 6.92 Å². The normalized spacial score (nSPS) is 19.9. The van der Waals surface area contributed by atoms with Crippen molar-refractivity contribution in [3.05, 3.63) is 64.7 Å². The van der Waals surface area contributed by atoms with Crippen LogP contribution in [0.5, 0.6) is 5.75 Å². The Hall–Kier alpha value is -3.36. The third-order valence-corrected chi connectivity index (χ3v) is 6.99. The second-order valence-corrected chi connectivity index (χ2v) is 9.70. The first kappa shape index (κ1) is 26.7. The van der Waals surface area contributed by atoms with Gasteiger partial charge in [-0.05, 0) is 61.7 Å². The maximum absolute atomic E-state index is 13.3. The summed E-state index contributed by atoms with van der Waals surface area (Å²) in [6.45, 7) is 8.73. The predicted octanol–water partition coefficient (Wildman–Crippen LogP) is 3.60. The third kappa shape index (κ3) is 5.81. The average Bonchev–Trinajstić information content (AvgIpc) is 3.15. The number of likely N-dealkylation sites (tertiary alicyclic amines) is 1. The molecule has 198 valence electrons. The minimum atomic E-state index is -0.659. The number of anilines is 1. The van der Waals surface area contributed by atoms with E-state index in [0.29, 0.717) is 31.9 Å². The fourth-order valence-electron chi connectivity index (χ4n) is 4.97. The fourth-order valence-corrected chi connectivity index (χ4v) is 4.97. The molecule has 8 heteroatoms. The van der Waals surface area contributed by atoms with Crippen LogP contribution in [0.25, 0.3) is 5.76 Å². The van der Waals surface area contributed by atoms with Crippen LogP contribution >= 0.6 is 0 Å². The van der Waals surface area contributed by atoms with E-state index in [1.165, 1.54) is 0 Å². The van der Waals surface area contributed by atoms with Crippen LogP contribution in [0.4, 0.5) is 5.69 Å². The lowest BCUT2D eigenvalue weighted by Gasteiger charge is -2.29. The number of hydrogen-bond acceptors (Lipinski definition) is 7. The van der Waals surface area contributed by atoms with Gasteiger partial charge in [0.05, 0.1) is 31.4 Å². The molecular weight excluding hydrogens is 470 g/mol. The van der Waals surface area contributed by atoms with Crippen LogP contribution in [0.1, 0.15) is 36.1 Å². The molecule has 2 saturated heterocycles. The molecule has 8 nitrogen and oxygen atoms in total. The van der Waals surface area contributed by atoms with Crippen molar-refractivity contribution in [1.29, 1.82) is 0 Å². The topological polar surface area (TPSA) is 82.5 Å². The van der Waals surface area contributed by atoms with Gasteiger partial charge in [0.25, 0.3) is 11.7 Å². The maximum Gasteiger partial charge on any atom is 0.295 e. The molecule has 1 N–H and O–H groups in total. The molecule has 1 unspecified atom stereocenters. The molecule has 2 aliphatic rings. The van der Waals surface area contributed by atoms with E-state index in [0.717, 1.165) is 48.6 Å². The molecule has 0 aromatic heterocycles. The summed E-state index contributed by atoms with van der Waals surface area (Å²) in [5.74, 6) is -0.676. The minimum Gasteiger partial charge on any atom is -0.507 e. The summed E-state index contributed by atoms with van der Waals surface area (Å²) in [7, 11) is 3.92. The van der Waals surface area contributed by atoms with Crippen molar-refractivity contribution in [2.75, 3.05) is 65.0 Å². The number of hydrogen-bond donors (Lipinski definition) is 1. The summed E-state index contributed by atoms with van der Waals surface area (Å²) < 4.78 is 11.1. The molecule has 0 saturated carbocycles. The highest BCUT2D eigenvalue weighted by Gasteiger charge is 2.45. The summed E-state index contributed by atoms with van der Waals surface area (Å²) in [5.41, 5.74) is 3.26. The van der Waals surface area contributed by atoms with Gasteiger partial charge in [0.15, 0.2) is 0 Å². The van der Waals surface area contributed by atoms with Crippen LogP contribution in [-0.4, -0.2) is 86.7 Å². The van der Waals surface area contributed by atoms with Gasteiger partial charge >= 0.3 is 0 Å². The number of aliphatic hydroxyl groups is 1. The number of aryl methyl sites for hydroxylation is 1. The van der Waals surface area contributed by atoms with Crippen LogP contribution in [0.15, 0.2) is 48.0 Å². The van der Waals surface area contributed by atoms with Gasteiger partial charge in [-0.1, -0.05) is 12.1 Å². The summed E-state index contributed by atoms with van der Waals surface area (Å²) in [6.07, 6.45) is 0.724. The predicted molar refractivity (Wildman–Crippen MR) is 144 cm³/mol. The van der Waals surface area contributed by atoms with E-state index in [-0.39, 0.29) is 11.3 Å². The Balaban J connectivity index is 1.69. The molecule has 37 heavy (non-hydrogen) atoms. The molecule has 2 aliphatic heterocycles. The molecule has 1 atom stereocenters. The zero-order valence-electron chi connectivity index (χ0n) is 22.2. The number of benzene rings is 2. The van der Waals surface area contributed by atoms with Crippen molar-refractivity contribution in [2.45, 2.75) is 26.3 Å². The van der Waals surface area contributed by atoms with E-state index in [4.69, 9.17) is 9.47 Å². The summed E-state index contributed by atoms with van der Waals surface area (Å²) in [6, 6.07) is 12.4. The Morgan fingerprint density at radius 1 is 1.08 bits per heavy atom. The molecule has 2 aromatic carbocycles. The van der Waals surface area contributed by atoms with Gasteiger partial charge in [0.2, 0.25) is 0 Å². The zero-order valence-corrected chi connectivity index (χ0v) is 22.2. The first-order valence-electron chi connectivity index (χ1n) is 12.9. The minimum absolute atomic E-state index is 0.123. The maximum atomic E-state index is 13.3. The highest BCUT2D eigenvalue weighted by atomic mass is 16.5. The summed E-state index contributed by atoms with van der Waals surface area (Å²) in [4.78, 5) is 32.5. The SMILES string of the molecule is CCOc1ccc(/C(O)=C2\C(=O)C(=O)N(CCCN3CCOCC3)C2c2ccc(N(C)C)cc2)cc1C. The van der Waals surface area contributed by atoms with Crippen molar-refractivity contribution >= 4 is 23.1 Å². The molecule has 4 rings (SSSR count). The number of nitrogens with zero attached hydrogens (tertiary/aromatic N) is 3. The lowest BCUT2D eigenvalue weighted by molar-refractivity contribution is -0.140. The number of ketones is 1. The number of Topliss-reactive ketones (excluding diaryl/α,β-unsaturated/α-hetero) is 1. The number of morpholine rings is 1. The number of aliphatic hydroxyl groups excluding tert-OH is 1. The van der Waals surface area contributed by atoms with Crippen LogP contribution in [0.2, 0.25) is 0 Å². The summed E-state index contributed by atoms with van der Waals surface area (Å²) >= 11 is 0. The summed E-state index contributed by atoms with van der Waals surface area (Å²) in [5, 5.41) is 11.4. The number of ether oxygens (including phenoxy) is 2. The number of rotatable bonds is 9. The molecule has 0 spiro atoms. The van der Waals surface area contributed by atoms with E-state index < -0.39 is 17.7 Å². The highest BCUT2D eigenvalue weighted by molar-refractivity contribution is 6.46. The second kappa shape index (κ2) is 11.8. The van der Waals surface area contributed by atoms with Crippen molar-refractivity contribution in [3.63, 3.8) is 0 Å². The van der Waals surface area contributed by atoms with E-state index in [1.807, 2.05) is 57.1 Å². The Labute approximate surface area is 219 Å². The Kier molecular flexibility index (Phi) is 8.51. The van der Waals surface area contributed by atoms with Crippen molar-refractivity contribution < 1.29 is 24.2 Å². The second-order valence-electron chi connectivity index (χ2n) is 9.70. The molecule has 1 amide bonds. The number of carbonyl (C=O) groups excluding carboxylic acids is 2. The van der Waals surface area contributed by atoms with Gasteiger partial charge in [-0.2, -0.15) is 0 Å². The van der Waals surface area contributed by atoms with Crippen molar-refractivity contribution in [2.24, 2.45) is 0 Å². The van der Waals surface area contributed by atoms with Gasteiger partial charge in [-0.25, -0.2) is 0 Å². The van der Waals surface area contributed by atoms with Gasteiger partial charge in [-0.15, -0.1) is 0 Å². The molecule has 2 aromatic rings. The molecular formula is C29H37N3O5. The Bertz CT molecular complexity index is 1150. The molecule has 0 radical (unpaired) electrons. The zero-order chi connectivity index (χ0) is 26.5. The van der Waals surface area contributed by atoms with E-state index in [2.05, 4.69) is 4.90 Å². The monoisotopic (exact) mass is 507 g/mol. The Morgan fingerprint density at radius 2 is 1.78 bits per heavy atom. The lowest BCUT2D eigenvalue weighted by atomic mass is 9.94. The highest BCUT2D eigenvalue weighted by Crippen LogP contribution is 2.40. The molecule has 2 heterocycles. The first-order chi connectivity index (χ1) is 17.8. The van der Waals surface area contributed by atoms with Crippen molar-refractivity contribution in [1.82, 2.24) is 9.80 Å². The quantitative estimate of drug-likeness (QED) is 0.315. The molecule has 0 aliphatic carbocycles. The third-order valence-electron chi connectivity index (χ3n) is 6.99. The van der Waals surface area contributed by atoms with Crippen LogP contribution < -0.4 is 9.64 Å². The number of amides is 1. The van der Waals surface area contributed by atoms with Crippen LogP contribution in [0.3, 0.4) is 0 Å². The smallest absolute Gasteiger partial charge is 0.295 e. The van der Waals surface area contributed by atoms with Gasteiger partial charge in [-0.3, -0.25) is 14.5 Å². The van der Waals surface area contributed by atoms with Gasteiger partial charge in [0, 0.05) is 51.5 Å². The average molecular weight is 508 g/mol. The number of carbonyl (C=O) groups is 2. The molecule has 2 fully saturated rings. The van der Waals surface area contributed by atoms with Gasteiger partial charge < -0.3 is 24.4 Å².